The number of halogens is 2. The van der Waals surface area contributed by atoms with Gasteiger partial charge in [0.05, 0.1) is 6.42 Å². The van der Waals surface area contributed by atoms with Gasteiger partial charge in [0.1, 0.15) is 0 Å². The third kappa shape index (κ3) is 5.76. The molecule has 3 nitrogen and oxygen atoms in total. The first-order valence-electron chi connectivity index (χ1n) is 11.5. The lowest BCUT2D eigenvalue weighted by Crippen LogP contribution is -2.38. The number of carbonyl (C=O) groups is 1. The molecular weight excluding hydrogens is 477 g/mol. The zero-order valence-corrected chi connectivity index (χ0v) is 21.0. The molecule has 0 aromatic heterocycles. The van der Waals surface area contributed by atoms with Crippen molar-refractivity contribution in [2.24, 2.45) is 0 Å². The highest BCUT2D eigenvalue weighted by atomic mass is 35.5. The monoisotopic (exact) mass is 503 g/mol. The fourth-order valence-electron chi connectivity index (χ4n) is 4.34. The van der Waals surface area contributed by atoms with Crippen molar-refractivity contribution < 1.29 is 9.53 Å². The number of esters is 1. The second-order valence-corrected chi connectivity index (χ2v) is 9.23. The van der Waals surface area contributed by atoms with Crippen molar-refractivity contribution in [2.75, 3.05) is 7.05 Å². The Morgan fingerprint density at radius 2 is 1.34 bits per heavy atom. The molecule has 4 aromatic rings. The van der Waals surface area contributed by atoms with Crippen molar-refractivity contribution in [1.29, 1.82) is 0 Å². The van der Waals surface area contributed by atoms with E-state index in [2.05, 4.69) is 5.32 Å². The molecule has 0 unspecified atom stereocenters. The lowest BCUT2D eigenvalue weighted by Gasteiger charge is -2.36. The highest BCUT2D eigenvalue weighted by Crippen LogP contribution is 2.43. The molecule has 4 rings (SSSR count). The summed E-state index contributed by atoms with van der Waals surface area (Å²) >= 11 is 12.8. The Morgan fingerprint density at radius 1 is 0.800 bits per heavy atom. The van der Waals surface area contributed by atoms with Gasteiger partial charge in [-0.25, -0.2) is 0 Å². The third-order valence-corrected chi connectivity index (χ3v) is 6.68. The van der Waals surface area contributed by atoms with Crippen LogP contribution in [0.2, 0.25) is 10.0 Å². The van der Waals surface area contributed by atoms with E-state index in [1.165, 1.54) is 0 Å². The van der Waals surface area contributed by atoms with E-state index in [1.807, 2.05) is 116 Å². The van der Waals surface area contributed by atoms with Crippen molar-refractivity contribution in [3.8, 4) is 0 Å². The Balaban J connectivity index is 1.73. The van der Waals surface area contributed by atoms with Crippen LogP contribution in [-0.4, -0.2) is 19.1 Å². The summed E-state index contributed by atoms with van der Waals surface area (Å²) in [6, 6.07) is 34.6. The highest BCUT2D eigenvalue weighted by Gasteiger charge is 2.42. The minimum atomic E-state index is -1.20. The SMILES string of the molecule is CN[C@H](CC(=O)OC(c1ccccc1)(c1ccccc1)c1ccccc1Cl)Cc1ccc(Cl)cc1. The molecular formula is C30H27Cl2NO2. The molecule has 1 N–H and O–H groups in total. The quantitative estimate of drug-likeness (QED) is 0.196. The summed E-state index contributed by atoms with van der Waals surface area (Å²) in [7, 11) is 1.85. The topological polar surface area (TPSA) is 38.3 Å². The molecule has 0 bridgehead atoms. The van der Waals surface area contributed by atoms with Gasteiger partial charge in [0.25, 0.3) is 0 Å². The molecule has 5 heteroatoms. The van der Waals surface area contributed by atoms with Crippen LogP contribution in [0.3, 0.4) is 0 Å². The Labute approximate surface area is 216 Å². The van der Waals surface area contributed by atoms with Crippen LogP contribution in [-0.2, 0) is 21.6 Å². The molecule has 0 radical (unpaired) electrons. The van der Waals surface area contributed by atoms with Crippen LogP contribution in [0.4, 0.5) is 0 Å². The summed E-state index contributed by atoms with van der Waals surface area (Å²) in [5.74, 6) is -0.328. The van der Waals surface area contributed by atoms with Crippen LogP contribution < -0.4 is 5.32 Å². The fraction of sp³-hybridized carbons (Fsp3) is 0.167. The fourth-order valence-corrected chi connectivity index (χ4v) is 4.73. The molecule has 0 aliphatic rings. The number of hydrogen-bond donors (Lipinski definition) is 1. The average molecular weight is 504 g/mol. The summed E-state index contributed by atoms with van der Waals surface area (Å²) in [5, 5.41) is 4.46. The highest BCUT2D eigenvalue weighted by molar-refractivity contribution is 6.31. The van der Waals surface area contributed by atoms with Gasteiger partial charge in [0, 0.05) is 32.8 Å². The maximum atomic E-state index is 13.6. The Hall–Kier alpha value is -3.11. The zero-order valence-electron chi connectivity index (χ0n) is 19.5. The standard InChI is InChI=1S/C30H27Cl2NO2/c1-33-26(20-22-16-18-25(31)19-17-22)21-29(34)35-30(23-10-4-2-5-11-23,24-12-6-3-7-13-24)27-14-8-9-15-28(27)32/h2-19,26,33H,20-21H2,1H3/t26-/m0/s1. The van der Waals surface area contributed by atoms with Crippen LogP contribution in [0, 0.1) is 0 Å². The Morgan fingerprint density at radius 3 is 1.89 bits per heavy atom. The summed E-state index contributed by atoms with van der Waals surface area (Å²) in [4.78, 5) is 13.6. The van der Waals surface area contributed by atoms with E-state index >= 15 is 0 Å². The van der Waals surface area contributed by atoms with Crippen LogP contribution in [0.5, 0.6) is 0 Å². The van der Waals surface area contributed by atoms with Gasteiger partial charge in [-0.05, 0) is 37.2 Å². The first-order chi connectivity index (χ1) is 17.0. The summed E-state index contributed by atoms with van der Waals surface area (Å²) in [5.41, 5.74) is 2.25. The molecule has 0 aliphatic heterocycles. The van der Waals surface area contributed by atoms with E-state index in [0.717, 1.165) is 16.7 Å². The molecule has 0 amide bonds. The molecule has 0 aliphatic carbocycles. The lowest BCUT2D eigenvalue weighted by atomic mass is 9.80. The van der Waals surface area contributed by atoms with Gasteiger partial charge >= 0.3 is 5.97 Å². The molecule has 0 saturated carbocycles. The second-order valence-electron chi connectivity index (χ2n) is 8.39. The smallest absolute Gasteiger partial charge is 0.308 e. The number of ether oxygens (including phenoxy) is 1. The van der Waals surface area contributed by atoms with E-state index in [1.54, 1.807) is 0 Å². The third-order valence-electron chi connectivity index (χ3n) is 6.10. The van der Waals surface area contributed by atoms with Gasteiger partial charge in [0.15, 0.2) is 5.60 Å². The molecule has 178 valence electrons. The van der Waals surface area contributed by atoms with Gasteiger partial charge in [0.2, 0.25) is 0 Å². The largest absolute Gasteiger partial charge is 0.444 e. The molecule has 0 saturated heterocycles. The summed E-state index contributed by atoms with van der Waals surface area (Å²) < 4.78 is 6.48. The summed E-state index contributed by atoms with van der Waals surface area (Å²) in [6.07, 6.45) is 0.851. The molecule has 1 atom stereocenters. The predicted octanol–water partition coefficient (Wildman–Crippen LogP) is 7.05. The van der Waals surface area contributed by atoms with Crippen LogP contribution in [0.15, 0.2) is 109 Å². The second kappa shape index (κ2) is 11.5. The van der Waals surface area contributed by atoms with Gasteiger partial charge in [-0.3, -0.25) is 4.79 Å². The number of carbonyl (C=O) groups excluding carboxylic acids is 1. The predicted molar refractivity (Wildman–Crippen MR) is 143 cm³/mol. The molecule has 0 heterocycles. The van der Waals surface area contributed by atoms with Gasteiger partial charge < -0.3 is 10.1 Å². The number of rotatable bonds is 9. The maximum absolute atomic E-state index is 13.6. The minimum absolute atomic E-state index is 0.112. The van der Waals surface area contributed by atoms with Crippen LogP contribution in [0.25, 0.3) is 0 Å². The zero-order chi connectivity index (χ0) is 24.7. The first kappa shape index (κ1) is 25.0. The van der Waals surface area contributed by atoms with Crippen molar-refractivity contribution in [1.82, 2.24) is 5.32 Å². The lowest BCUT2D eigenvalue weighted by molar-refractivity contribution is -0.154. The van der Waals surface area contributed by atoms with Gasteiger partial charge in [-0.15, -0.1) is 0 Å². The van der Waals surface area contributed by atoms with Gasteiger partial charge in [-0.1, -0.05) is 114 Å². The number of benzene rings is 4. The molecule has 0 fully saturated rings. The maximum Gasteiger partial charge on any atom is 0.308 e. The average Bonchev–Trinajstić information content (AvgIpc) is 2.89. The van der Waals surface area contributed by atoms with Crippen molar-refractivity contribution in [3.63, 3.8) is 0 Å². The number of nitrogens with one attached hydrogen (secondary N) is 1. The van der Waals surface area contributed by atoms with E-state index in [0.29, 0.717) is 22.0 Å². The molecule has 35 heavy (non-hydrogen) atoms. The van der Waals surface area contributed by atoms with Crippen molar-refractivity contribution in [2.45, 2.75) is 24.5 Å². The summed E-state index contributed by atoms with van der Waals surface area (Å²) in [6.45, 7) is 0. The number of likely N-dealkylation sites (N-methyl/N-ethyl adjacent to an activating group) is 1. The Bertz CT molecular complexity index is 1200. The molecule has 4 aromatic carbocycles. The first-order valence-corrected chi connectivity index (χ1v) is 12.3. The van der Waals surface area contributed by atoms with Crippen molar-refractivity contribution >= 4 is 29.2 Å². The van der Waals surface area contributed by atoms with Gasteiger partial charge in [-0.2, -0.15) is 0 Å². The van der Waals surface area contributed by atoms with E-state index in [-0.39, 0.29) is 18.4 Å². The van der Waals surface area contributed by atoms with E-state index in [9.17, 15) is 4.79 Å². The minimum Gasteiger partial charge on any atom is -0.444 e. The normalized spacial score (nSPS) is 12.2. The van der Waals surface area contributed by atoms with Crippen LogP contribution >= 0.6 is 23.2 Å². The van der Waals surface area contributed by atoms with E-state index < -0.39 is 5.60 Å². The molecule has 0 spiro atoms. The van der Waals surface area contributed by atoms with E-state index in [4.69, 9.17) is 27.9 Å². The van der Waals surface area contributed by atoms with Crippen molar-refractivity contribution in [3.05, 3.63) is 141 Å². The van der Waals surface area contributed by atoms with Crippen LogP contribution in [0.1, 0.15) is 28.7 Å². The Kier molecular flexibility index (Phi) is 8.25. The number of hydrogen-bond acceptors (Lipinski definition) is 3.